The van der Waals surface area contributed by atoms with Crippen LogP contribution in [0.1, 0.15) is 47.2 Å². The Balaban J connectivity index is 1.17. The van der Waals surface area contributed by atoms with Crippen molar-refractivity contribution in [1.29, 1.82) is 0 Å². The first kappa shape index (κ1) is 35.0. The van der Waals surface area contributed by atoms with Crippen LogP contribution in [0.4, 0.5) is 17.1 Å². The van der Waals surface area contributed by atoms with Crippen molar-refractivity contribution >= 4 is 17.1 Å². The number of fused-ring (bicyclic) bond motifs is 6. The standard InChI is InChI=1S/C58H43N/c1-57(44-23-11-5-12-24-44)53-29-17-15-27-49(53)51-38-46(31-33-55(51)57)59(48-36-42(40-19-7-3-8-20-40)35-43(37-48)41-21-9-4-10-22-41)47-32-34-56-52(39-47)50-28-16-18-30-54(50)58(56,2)45-25-13-6-14-26-45/h3-39H,1-2H3. The Labute approximate surface area is 347 Å². The van der Waals surface area contributed by atoms with E-state index >= 15 is 0 Å². The molecule has 1 heteroatoms. The van der Waals surface area contributed by atoms with Gasteiger partial charge in [0.25, 0.3) is 0 Å². The van der Waals surface area contributed by atoms with Crippen LogP contribution in [0.2, 0.25) is 0 Å². The van der Waals surface area contributed by atoms with E-state index in [1.165, 1.54) is 77.9 Å². The Morgan fingerprint density at radius 3 is 1.05 bits per heavy atom. The summed E-state index contributed by atoms with van der Waals surface area (Å²) in [5.41, 5.74) is 20.6. The molecule has 0 heterocycles. The largest absolute Gasteiger partial charge is 0.310 e. The van der Waals surface area contributed by atoms with Crippen LogP contribution in [0, 0.1) is 0 Å². The average Bonchev–Trinajstić information content (AvgIpc) is 3.73. The molecular weight excluding hydrogens is 711 g/mol. The van der Waals surface area contributed by atoms with Gasteiger partial charge in [0.2, 0.25) is 0 Å². The third-order valence-electron chi connectivity index (χ3n) is 13.2. The van der Waals surface area contributed by atoms with Gasteiger partial charge in [-0.2, -0.15) is 0 Å². The van der Waals surface area contributed by atoms with Crippen LogP contribution in [-0.4, -0.2) is 0 Å². The van der Waals surface area contributed by atoms with Gasteiger partial charge in [-0.15, -0.1) is 0 Å². The first-order valence-electron chi connectivity index (χ1n) is 20.7. The van der Waals surface area contributed by atoms with Crippen LogP contribution >= 0.6 is 0 Å². The lowest BCUT2D eigenvalue weighted by Gasteiger charge is -2.31. The highest BCUT2D eigenvalue weighted by Gasteiger charge is 2.42. The fraction of sp³-hybridized carbons (Fsp3) is 0.0690. The molecule has 280 valence electrons. The maximum Gasteiger partial charge on any atom is 0.0473 e. The van der Waals surface area contributed by atoms with E-state index in [0.29, 0.717) is 0 Å². The summed E-state index contributed by atoms with van der Waals surface area (Å²) in [6.45, 7) is 4.78. The molecule has 0 bridgehead atoms. The SMILES string of the molecule is CC1(c2ccccc2)c2ccccc2-c2cc(N(c3cc(-c4ccccc4)cc(-c4ccccc4)c3)c3ccc4c(c3)-c3ccccc3C4(C)c3ccccc3)ccc21. The van der Waals surface area contributed by atoms with Crippen LogP contribution in [0.3, 0.4) is 0 Å². The van der Waals surface area contributed by atoms with Crippen molar-refractivity contribution in [3.63, 3.8) is 0 Å². The fourth-order valence-corrected chi connectivity index (χ4v) is 10.2. The summed E-state index contributed by atoms with van der Waals surface area (Å²) in [5.74, 6) is 0. The first-order chi connectivity index (χ1) is 29.0. The summed E-state index contributed by atoms with van der Waals surface area (Å²) in [6.07, 6.45) is 0. The van der Waals surface area contributed by atoms with Gasteiger partial charge in [-0.3, -0.25) is 0 Å². The molecule has 2 unspecified atom stereocenters. The predicted molar refractivity (Wildman–Crippen MR) is 247 cm³/mol. The maximum atomic E-state index is 2.49. The number of benzene rings is 9. The van der Waals surface area contributed by atoms with Gasteiger partial charge < -0.3 is 4.90 Å². The van der Waals surface area contributed by atoms with Crippen molar-refractivity contribution < 1.29 is 0 Å². The molecule has 1 nitrogen and oxygen atoms in total. The Morgan fingerprint density at radius 1 is 0.271 bits per heavy atom. The molecule has 0 radical (unpaired) electrons. The van der Waals surface area contributed by atoms with Crippen LogP contribution in [0.25, 0.3) is 44.5 Å². The maximum absolute atomic E-state index is 2.49. The minimum atomic E-state index is -0.274. The van der Waals surface area contributed by atoms with Crippen molar-refractivity contribution in [3.05, 3.63) is 258 Å². The van der Waals surface area contributed by atoms with Gasteiger partial charge in [0, 0.05) is 27.9 Å². The number of anilines is 3. The van der Waals surface area contributed by atoms with Crippen molar-refractivity contribution in [2.75, 3.05) is 4.90 Å². The molecule has 0 aromatic heterocycles. The number of hydrogen-bond acceptors (Lipinski definition) is 1. The summed E-state index contributed by atoms with van der Waals surface area (Å²) in [7, 11) is 0. The van der Waals surface area contributed by atoms with Crippen LogP contribution in [-0.2, 0) is 10.8 Å². The molecule has 0 saturated carbocycles. The first-order valence-corrected chi connectivity index (χ1v) is 20.7. The molecule has 0 amide bonds. The van der Waals surface area contributed by atoms with Gasteiger partial charge in [-0.05, 0) is 134 Å². The molecule has 9 aromatic carbocycles. The van der Waals surface area contributed by atoms with Gasteiger partial charge >= 0.3 is 0 Å². The molecule has 0 N–H and O–H groups in total. The summed E-state index contributed by atoms with van der Waals surface area (Å²) in [5, 5.41) is 0. The molecule has 2 atom stereocenters. The van der Waals surface area contributed by atoms with E-state index in [1.54, 1.807) is 0 Å². The van der Waals surface area contributed by atoms with E-state index in [2.05, 4.69) is 243 Å². The van der Waals surface area contributed by atoms with Crippen LogP contribution in [0.15, 0.2) is 224 Å². The second kappa shape index (κ2) is 13.7. The Hall–Kier alpha value is -7.22. The molecule has 0 spiro atoms. The lowest BCUT2D eigenvalue weighted by atomic mass is 9.74. The van der Waals surface area contributed by atoms with E-state index in [0.717, 1.165) is 17.1 Å². The number of rotatable bonds is 7. The highest BCUT2D eigenvalue weighted by molar-refractivity contribution is 5.92. The van der Waals surface area contributed by atoms with E-state index in [9.17, 15) is 0 Å². The van der Waals surface area contributed by atoms with Crippen molar-refractivity contribution in [1.82, 2.24) is 0 Å². The van der Waals surface area contributed by atoms with Gasteiger partial charge in [0.05, 0.1) is 0 Å². The molecule has 0 aliphatic heterocycles. The number of nitrogens with zero attached hydrogens (tertiary/aromatic N) is 1. The topological polar surface area (TPSA) is 3.24 Å². The van der Waals surface area contributed by atoms with Crippen molar-refractivity contribution in [2.45, 2.75) is 24.7 Å². The van der Waals surface area contributed by atoms with Crippen LogP contribution < -0.4 is 4.90 Å². The van der Waals surface area contributed by atoms with E-state index < -0.39 is 0 Å². The van der Waals surface area contributed by atoms with E-state index in [1.807, 2.05) is 0 Å². The summed E-state index contributed by atoms with van der Waals surface area (Å²) in [4.78, 5) is 2.49. The van der Waals surface area contributed by atoms with E-state index in [-0.39, 0.29) is 10.8 Å². The average molecular weight is 754 g/mol. The Morgan fingerprint density at radius 2 is 0.627 bits per heavy atom. The fourth-order valence-electron chi connectivity index (χ4n) is 10.2. The van der Waals surface area contributed by atoms with Crippen LogP contribution in [0.5, 0.6) is 0 Å². The normalized spacial score (nSPS) is 17.1. The van der Waals surface area contributed by atoms with Gasteiger partial charge in [0.1, 0.15) is 0 Å². The molecule has 9 aromatic rings. The van der Waals surface area contributed by atoms with Gasteiger partial charge in [-0.25, -0.2) is 0 Å². The predicted octanol–water partition coefficient (Wildman–Crippen LogP) is 15.2. The van der Waals surface area contributed by atoms with E-state index in [4.69, 9.17) is 0 Å². The summed E-state index contributed by atoms with van der Waals surface area (Å²) < 4.78 is 0. The zero-order valence-electron chi connectivity index (χ0n) is 33.3. The third kappa shape index (κ3) is 5.46. The smallest absolute Gasteiger partial charge is 0.0473 e. The van der Waals surface area contributed by atoms with Gasteiger partial charge in [-0.1, -0.05) is 182 Å². The number of hydrogen-bond donors (Lipinski definition) is 0. The second-order valence-electron chi connectivity index (χ2n) is 16.4. The lowest BCUT2D eigenvalue weighted by molar-refractivity contribution is 0.714. The monoisotopic (exact) mass is 753 g/mol. The zero-order chi connectivity index (χ0) is 39.6. The highest BCUT2D eigenvalue weighted by atomic mass is 15.1. The molecule has 59 heavy (non-hydrogen) atoms. The molecule has 11 rings (SSSR count). The quantitative estimate of drug-likeness (QED) is 0.157. The third-order valence-corrected chi connectivity index (χ3v) is 13.2. The zero-order valence-corrected chi connectivity index (χ0v) is 33.3. The molecule has 2 aliphatic rings. The van der Waals surface area contributed by atoms with Crippen molar-refractivity contribution in [3.8, 4) is 44.5 Å². The molecule has 2 aliphatic carbocycles. The summed E-state index contributed by atoms with van der Waals surface area (Å²) in [6, 6.07) is 82.9. The minimum Gasteiger partial charge on any atom is -0.310 e. The highest BCUT2D eigenvalue weighted by Crippen LogP contribution is 2.56. The lowest BCUT2D eigenvalue weighted by Crippen LogP contribution is -2.22. The Kier molecular flexibility index (Phi) is 8.13. The molecule has 0 fully saturated rings. The Bertz CT molecular complexity index is 2800. The van der Waals surface area contributed by atoms with Crippen molar-refractivity contribution in [2.24, 2.45) is 0 Å². The summed E-state index contributed by atoms with van der Waals surface area (Å²) >= 11 is 0. The molecule has 0 saturated heterocycles. The second-order valence-corrected chi connectivity index (χ2v) is 16.4. The van der Waals surface area contributed by atoms with Gasteiger partial charge in [0.15, 0.2) is 0 Å². The minimum absolute atomic E-state index is 0.274. The molecular formula is C58H43N.